The predicted octanol–water partition coefficient (Wildman–Crippen LogP) is 1.84. The quantitative estimate of drug-likeness (QED) is 0.898. The van der Waals surface area contributed by atoms with Crippen molar-refractivity contribution < 1.29 is 18.6 Å². The van der Waals surface area contributed by atoms with E-state index >= 15 is 0 Å². The van der Waals surface area contributed by atoms with Crippen LogP contribution in [0.15, 0.2) is 28.9 Å². The van der Waals surface area contributed by atoms with E-state index in [9.17, 15) is 14.0 Å². The summed E-state index contributed by atoms with van der Waals surface area (Å²) in [5.74, 6) is -1.18. The Kier molecular flexibility index (Phi) is 3.36. The average Bonchev–Trinajstić information content (AvgIpc) is 3.17. The van der Waals surface area contributed by atoms with E-state index in [2.05, 4.69) is 25.6 Å². The molecular formula is C14H13FN4O3. The lowest BCUT2D eigenvalue weighted by Gasteiger charge is -2.15. The Morgan fingerprint density at radius 3 is 2.41 bits per heavy atom. The third kappa shape index (κ3) is 2.43. The molecule has 114 valence electrons. The fourth-order valence-corrected chi connectivity index (χ4v) is 2.34. The smallest absolute Gasteiger partial charge is 0.236 e. The first-order valence-corrected chi connectivity index (χ1v) is 6.69. The molecular weight excluding hydrogens is 291 g/mol. The van der Waals surface area contributed by atoms with Gasteiger partial charge in [0.2, 0.25) is 23.5 Å². The van der Waals surface area contributed by atoms with Gasteiger partial charge in [-0.25, -0.2) is 9.02 Å². The van der Waals surface area contributed by atoms with Gasteiger partial charge in [0.1, 0.15) is 5.82 Å². The highest BCUT2D eigenvalue weighted by Crippen LogP contribution is 2.49. The van der Waals surface area contributed by atoms with E-state index in [1.54, 1.807) is 18.2 Å². The summed E-state index contributed by atoms with van der Waals surface area (Å²) in [6, 6.07) is 6.18. The highest BCUT2D eigenvalue weighted by molar-refractivity contribution is 6.03. The van der Waals surface area contributed by atoms with Gasteiger partial charge in [-0.2, -0.15) is 0 Å². The summed E-state index contributed by atoms with van der Waals surface area (Å²) < 4.78 is 18.4. The van der Waals surface area contributed by atoms with Crippen molar-refractivity contribution in [2.45, 2.75) is 25.2 Å². The van der Waals surface area contributed by atoms with Crippen molar-refractivity contribution in [3.63, 3.8) is 0 Å². The van der Waals surface area contributed by atoms with Crippen LogP contribution in [0, 0.1) is 5.82 Å². The van der Waals surface area contributed by atoms with Crippen molar-refractivity contribution in [1.29, 1.82) is 0 Å². The minimum atomic E-state index is -0.905. The number of hydrogen-bond acceptors (Lipinski definition) is 5. The molecule has 0 atom stereocenters. The number of anilines is 2. The Balaban J connectivity index is 1.82. The van der Waals surface area contributed by atoms with Gasteiger partial charge in [-0.1, -0.05) is 18.2 Å². The van der Waals surface area contributed by atoms with E-state index in [1.807, 2.05) is 0 Å². The second-order valence-electron chi connectivity index (χ2n) is 5.16. The van der Waals surface area contributed by atoms with Crippen LogP contribution in [0.25, 0.3) is 0 Å². The molecule has 2 aromatic rings. The first kappa shape index (κ1) is 14.2. The third-order valence-electron chi connectivity index (χ3n) is 3.59. The fourth-order valence-electron chi connectivity index (χ4n) is 2.34. The van der Waals surface area contributed by atoms with Crippen molar-refractivity contribution in [1.82, 2.24) is 10.3 Å². The van der Waals surface area contributed by atoms with Crippen LogP contribution in [-0.4, -0.2) is 22.1 Å². The number of amides is 2. The number of hydrogen-bond donors (Lipinski definition) is 2. The summed E-state index contributed by atoms with van der Waals surface area (Å²) in [5, 5.41) is 12.0. The van der Waals surface area contributed by atoms with E-state index in [4.69, 9.17) is 0 Å². The Morgan fingerprint density at radius 2 is 1.82 bits per heavy atom. The average molecular weight is 304 g/mol. The summed E-state index contributed by atoms with van der Waals surface area (Å²) in [4.78, 5) is 23.5. The maximum absolute atomic E-state index is 13.9. The maximum Gasteiger partial charge on any atom is 0.236 e. The van der Waals surface area contributed by atoms with E-state index in [1.165, 1.54) is 13.0 Å². The van der Waals surface area contributed by atoms with Gasteiger partial charge in [-0.3, -0.25) is 9.59 Å². The molecule has 0 aliphatic heterocycles. The number of aromatic nitrogens is 2. The number of carbonyl (C=O) groups is 2. The van der Waals surface area contributed by atoms with E-state index in [-0.39, 0.29) is 17.5 Å². The molecule has 1 aromatic heterocycles. The molecule has 1 aliphatic carbocycles. The van der Waals surface area contributed by atoms with Crippen LogP contribution < -0.4 is 10.6 Å². The van der Waals surface area contributed by atoms with Crippen LogP contribution in [0.1, 0.15) is 25.3 Å². The maximum atomic E-state index is 13.9. The molecule has 2 amide bonds. The van der Waals surface area contributed by atoms with Crippen molar-refractivity contribution >= 4 is 23.5 Å². The van der Waals surface area contributed by atoms with E-state index in [0.29, 0.717) is 18.4 Å². The standard InChI is InChI=1S/C14H13FN4O3/c1-8(20)16-11-12(19-22-18-11)17-13(21)14(6-7-14)9-4-2-3-5-10(9)15/h2-5H,6-7H2,1H3,(H,16,18,20)(H,17,19,21). The number of halogens is 1. The Morgan fingerprint density at radius 1 is 1.18 bits per heavy atom. The topological polar surface area (TPSA) is 97.1 Å². The fraction of sp³-hybridized carbons (Fsp3) is 0.286. The summed E-state index contributed by atoms with van der Waals surface area (Å²) in [7, 11) is 0. The molecule has 22 heavy (non-hydrogen) atoms. The van der Waals surface area contributed by atoms with Gasteiger partial charge >= 0.3 is 0 Å². The number of benzene rings is 1. The normalized spacial score (nSPS) is 15.2. The van der Waals surface area contributed by atoms with Crippen LogP contribution in [0.3, 0.4) is 0 Å². The van der Waals surface area contributed by atoms with Gasteiger partial charge in [-0.05, 0) is 29.2 Å². The lowest BCUT2D eigenvalue weighted by atomic mass is 9.94. The first-order valence-electron chi connectivity index (χ1n) is 6.69. The van der Waals surface area contributed by atoms with Gasteiger partial charge in [0.15, 0.2) is 0 Å². The summed E-state index contributed by atoms with van der Waals surface area (Å²) in [5.41, 5.74) is -0.553. The third-order valence-corrected chi connectivity index (χ3v) is 3.59. The second-order valence-corrected chi connectivity index (χ2v) is 5.16. The highest BCUT2D eigenvalue weighted by atomic mass is 19.1. The number of rotatable bonds is 4. The summed E-state index contributed by atoms with van der Waals surface area (Å²) >= 11 is 0. The molecule has 0 spiro atoms. The molecule has 8 heteroatoms. The molecule has 1 aromatic carbocycles. The number of carbonyl (C=O) groups excluding carboxylic acids is 2. The van der Waals surface area contributed by atoms with Gasteiger partial charge < -0.3 is 10.6 Å². The van der Waals surface area contributed by atoms with Crippen molar-refractivity contribution in [2.75, 3.05) is 10.6 Å². The van der Waals surface area contributed by atoms with Crippen LogP contribution in [0.4, 0.5) is 16.0 Å². The molecule has 7 nitrogen and oxygen atoms in total. The van der Waals surface area contributed by atoms with Gasteiger partial charge in [0.05, 0.1) is 5.41 Å². The summed E-state index contributed by atoms with van der Waals surface area (Å²) in [6.07, 6.45) is 1.08. The molecule has 1 saturated carbocycles. The zero-order chi connectivity index (χ0) is 15.7. The minimum Gasteiger partial charge on any atom is -0.305 e. The van der Waals surface area contributed by atoms with Crippen LogP contribution in [0.5, 0.6) is 0 Å². The largest absolute Gasteiger partial charge is 0.305 e. The highest BCUT2D eigenvalue weighted by Gasteiger charge is 2.53. The molecule has 2 N–H and O–H groups in total. The van der Waals surface area contributed by atoms with E-state index < -0.39 is 17.1 Å². The zero-order valence-corrected chi connectivity index (χ0v) is 11.7. The molecule has 0 saturated heterocycles. The predicted molar refractivity (Wildman–Crippen MR) is 74.5 cm³/mol. The molecule has 1 heterocycles. The van der Waals surface area contributed by atoms with Crippen LogP contribution >= 0.6 is 0 Å². The minimum absolute atomic E-state index is 0.00261. The van der Waals surface area contributed by atoms with Crippen molar-refractivity contribution in [3.05, 3.63) is 35.6 Å². The SMILES string of the molecule is CC(=O)Nc1nonc1NC(=O)C1(c2ccccc2F)CC1. The molecule has 1 aliphatic rings. The molecule has 0 bridgehead atoms. The van der Waals surface area contributed by atoms with Crippen LogP contribution in [-0.2, 0) is 15.0 Å². The zero-order valence-electron chi connectivity index (χ0n) is 11.7. The molecule has 1 fully saturated rings. The van der Waals surface area contributed by atoms with Gasteiger partial charge in [0, 0.05) is 12.5 Å². The lowest BCUT2D eigenvalue weighted by Crippen LogP contribution is -2.29. The Bertz CT molecular complexity index is 739. The van der Waals surface area contributed by atoms with Gasteiger partial charge in [-0.15, -0.1) is 0 Å². The Hall–Kier alpha value is -2.77. The Labute approximate surface area is 124 Å². The first-order chi connectivity index (χ1) is 10.5. The molecule has 3 rings (SSSR count). The van der Waals surface area contributed by atoms with Crippen molar-refractivity contribution in [2.24, 2.45) is 0 Å². The summed E-state index contributed by atoms with van der Waals surface area (Å²) in [6.45, 7) is 1.29. The van der Waals surface area contributed by atoms with Crippen LogP contribution in [0.2, 0.25) is 0 Å². The lowest BCUT2D eigenvalue weighted by molar-refractivity contribution is -0.118. The van der Waals surface area contributed by atoms with Crippen molar-refractivity contribution in [3.8, 4) is 0 Å². The monoisotopic (exact) mass is 304 g/mol. The molecule has 0 unspecified atom stereocenters. The van der Waals surface area contributed by atoms with Gasteiger partial charge in [0.25, 0.3) is 0 Å². The number of nitrogens with zero attached hydrogens (tertiary/aromatic N) is 2. The number of nitrogens with one attached hydrogen (secondary N) is 2. The molecule has 0 radical (unpaired) electrons. The van der Waals surface area contributed by atoms with E-state index in [0.717, 1.165) is 0 Å². The second kappa shape index (κ2) is 5.21.